The number of rotatable bonds is 4. The second-order valence-corrected chi connectivity index (χ2v) is 5.74. The van der Waals surface area contributed by atoms with Crippen LogP contribution < -0.4 is 0 Å². The van der Waals surface area contributed by atoms with Crippen LogP contribution >= 0.6 is 11.8 Å². The first-order chi connectivity index (χ1) is 8.59. The van der Waals surface area contributed by atoms with Gasteiger partial charge < -0.3 is 9.47 Å². The lowest BCUT2D eigenvalue weighted by Gasteiger charge is -2.49. The van der Waals surface area contributed by atoms with Crippen LogP contribution in [0.25, 0.3) is 0 Å². The van der Waals surface area contributed by atoms with E-state index in [1.807, 2.05) is 0 Å². The number of hydrogen-bond acceptors (Lipinski definition) is 4. The van der Waals surface area contributed by atoms with Gasteiger partial charge in [0.05, 0.1) is 6.07 Å². The number of nitriles is 1. The van der Waals surface area contributed by atoms with Gasteiger partial charge in [0.25, 0.3) is 0 Å². The van der Waals surface area contributed by atoms with Gasteiger partial charge in [0.1, 0.15) is 10.6 Å². The maximum atomic E-state index is 13.6. The molecule has 5 heteroatoms. The second-order valence-electron chi connectivity index (χ2n) is 4.31. The minimum absolute atomic E-state index is 0.301. The lowest BCUT2D eigenvalue weighted by molar-refractivity contribution is -0.255. The summed E-state index contributed by atoms with van der Waals surface area (Å²) in [5.74, 6) is -1.00. The van der Waals surface area contributed by atoms with E-state index in [0.717, 1.165) is 0 Å². The number of hydrogen-bond donors (Lipinski definition) is 0. The topological polar surface area (TPSA) is 42.2 Å². The van der Waals surface area contributed by atoms with Crippen molar-refractivity contribution in [3.8, 4) is 6.07 Å². The number of nitrogens with zero attached hydrogens (tertiary/aromatic N) is 1. The third-order valence-corrected chi connectivity index (χ3v) is 4.52. The van der Waals surface area contributed by atoms with Crippen molar-refractivity contribution in [2.24, 2.45) is 0 Å². The van der Waals surface area contributed by atoms with E-state index < -0.39 is 10.5 Å². The third kappa shape index (κ3) is 2.24. The molecule has 0 aromatic heterocycles. The number of halogens is 1. The van der Waals surface area contributed by atoms with Gasteiger partial charge in [-0.15, -0.1) is 11.8 Å². The molecule has 96 valence electrons. The molecule has 0 N–H and O–H groups in total. The van der Waals surface area contributed by atoms with Crippen LogP contribution in [0, 0.1) is 17.1 Å². The largest absolute Gasteiger partial charge is 0.353 e. The molecule has 0 atom stereocenters. The quantitative estimate of drug-likeness (QED) is 0.787. The molecule has 0 saturated heterocycles. The van der Waals surface area contributed by atoms with E-state index in [1.165, 1.54) is 17.8 Å². The Labute approximate surface area is 110 Å². The molecule has 1 saturated carbocycles. The molecule has 1 aromatic carbocycles. The number of thioether (sulfide) groups is 1. The first kappa shape index (κ1) is 13.3. The average molecular weight is 267 g/mol. The molecular formula is C13H14FNO2S. The summed E-state index contributed by atoms with van der Waals surface area (Å²) in [7, 11) is 3.11. The van der Waals surface area contributed by atoms with Crippen molar-refractivity contribution in [2.75, 3.05) is 14.2 Å². The minimum atomic E-state index is -0.700. The van der Waals surface area contributed by atoms with Crippen LogP contribution in [0.1, 0.15) is 12.8 Å². The van der Waals surface area contributed by atoms with Gasteiger partial charge in [0.2, 0.25) is 0 Å². The monoisotopic (exact) mass is 267 g/mol. The Morgan fingerprint density at radius 3 is 2.39 bits per heavy atom. The van der Waals surface area contributed by atoms with Crippen LogP contribution in [0.5, 0.6) is 0 Å². The fraction of sp³-hybridized carbons (Fsp3) is 0.462. The Balaban J connectivity index is 2.14. The average Bonchev–Trinajstić information content (AvgIpc) is 2.36. The Morgan fingerprint density at radius 1 is 1.28 bits per heavy atom. The SMILES string of the molecule is COC1(OC)CC(C#N)(Sc2ccccc2F)C1. The van der Waals surface area contributed by atoms with Crippen molar-refractivity contribution < 1.29 is 13.9 Å². The van der Waals surface area contributed by atoms with Gasteiger partial charge >= 0.3 is 0 Å². The van der Waals surface area contributed by atoms with Crippen molar-refractivity contribution in [3.05, 3.63) is 30.1 Å². The molecule has 1 aliphatic rings. The highest BCUT2D eigenvalue weighted by atomic mass is 32.2. The highest BCUT2D eigenvalue weighted by Gasteiger charge is 2.57. The van der Waals surface area contributed by atoms with E-state index in [4.69, 9.17) is 9.47 Å². The molecule has 1 aliphatic carbocycles. The summed E-state index contributed by atoms with van der Waals surface area (Å²) >= 11 is 1.24. The Morgan fingerprint density at radius 2 is 1.89 bits per heavy atom. The van der Waals surface area contributed by atoms with Gasteiger partial charge in [0.15, 0.2) is 5.79 Å². The van der Waals surface area contributed by atoms with Crippen molar-refractivity contribution in [2.45, 2.75) is 28.3 Å². The third-order valence-electron chi connectivity index (χ3n) is 3.20. The van der Waals surface area contributed by atoms with Crippen LogP contribution in [0.3, 0.4) is 0 Å². The normalized spacial score (nSPS) is 19.9. The maximum Gasteiger partial charge on any atom is 0.172 e. The lowest BCUT2D eigenvalue weighted by Crippen LogP contribution is -2.56. The fourth-order valence-corrected chi connectivity index (χ4v) is 3.47. The number of methoxy groups -OCH3 is 2. The molecule has 0 spiro atoms. The Hall–Kier alpha value is -1.09. The molecule has 0 amide bonds. The van der Waals surface area contributed by atoms with Gasteiger partial charge in [-0.3, -0.25) is 0 Å². The fourth-order valence-electron chi connectivity index (χ4n) is 2.10. The van der Waals surface area contributed by atoms with Crippen LogP contribution in [-0.2, 0) is 9.47 Å². The van der Waals surface area contributed by atoms with Crippen LogP contribution in [0.2, 0.25) is 0 Å². The molecule has 0 aliphatic heterocycles. The zero-order chi connectivity index (χ0) is 13.2. The second kappa shape index (κ2) is 4.88. The first-order valence-electron chi connectivity index (χ1n) is 5.54. The van der Waals surface area contributed by atoms with Crippen LogP contribution in [0.15, 0.2) is 29.2 Å². The highest BCUT2D eigenvalue weighted by Crippen LogP contribution is 2.54. The van der Waals surface area contributed by atoms with E-state index in [-0.39, 0.29) is 5.82 Å². The summed E-state index contributed by atoms with van der Waals surface area (Å²) in [6, 6.07) is 8.72. The van der Waals surface area contributed by atoms with E-state index in [1.54, 1.807) is 32.4 Å². The van der Waals surface area contributed by atoms with E-state index in [0.29, 0.717) is 17.7 Å². The van der Waals surface area contributed by atoms with E-state index in [9.17, 15) is 9.65 Å². The standard InChI is InChI=1S/C13H14FNO2S/c1-16-13(17-2)7-12(8-13,9-15)18-11-6-4-3-5-10(11)14/h3-6H,7-8H2,1-2H3. The van der Waals surface area contributed by atoms with Crippen molar-refractivity contribution >= 4 is 11.8 Å². The first-order valence-corrected chi connectivity index (χ1v) is 6.35. The van der Waals surface area contributed by atoms with Gasteiger partial charge in [-0.05, 0) is 12.1 Å². The van der Waals surface area contributed by atoms with Crippen molar-refractivity contribution in [1.29, 1.82) is 5.26 Å². The van der Waals surface area contributed by atoms with E-state index >= 15 is 0 Å². The molecule has 0 radical (unpaired) electrons. The van der Waals surface area contributed by atoms with Gasteiger partial charge in [-0.1, -0.05) is 12.1 Å². The maximum absolute atomic E-state index is 13.6. The molecule has 0 heterocycles. The van der Waals surface area contributed by atoms with E-state index in [2.05, 4.69) is 6.07 Å². The summed E-state index contributed by atoms with van der Waals surface area (Å²) in [6.07, 6.45) is 0.866. The summed E-state index contributed by atoms with van der Waals surface area (Å²) in [6.45, 7) is 0. The molecular weight excluding hydrogens is 253 g/mol. The summed E-state index contributed by atoms with van der Waals surface area (Å²) < 4.78 is 23.4. The Kier molecular flexibility index (Phi) is 3.62. The van der Waals surface area contributed by atoms with Crippen molar-refractivity contribution in [1.82, 2.24) is 0 Å². The smallest absolute Gasteiger partial charge is 0.172 e. The molecule has 3 nitrogen and oxygen atoms in total. The molecule has 0 unspecified atom stereocenters. The predicted octanol–water partition coefficient (Wildman–Crippen LogP) is 2.96. The zero-order valence-electron chi connectivity index (χ0n) is 10.3. The molecule has 2 rings (SSSR count). The number of benzene rings is 1. The molecule has 1 fully saturated rings. The predicted molar refractivity (Wildman–Crippen MR) is 66.6 cm³/mol. The highest BCUT2D eigenvalue weighted by molar-refractivity contribution is 8.01. The molecule has 1 aromatic rings. The lowest BCUT2D eigenvalue weighted by atomic mass is 9.78. The van der Waals surface area contributed by atoms with Crippen LogP contribution in [-0.4, -0.2) is 24.8 Å². The zero-order valence-corrected chi connectivity index (χ0v) is 11.1. The van der Waals surface area contributed by atoms with Gasteiger partial charge in [-0.25, -0.2) is 4.39 Å². The van der Waals surface area contributed by atoms with Gasteiger partial charge in [-0.2, -0.15) is 5.26 Å². The molecule has 18 heavy (non-hydrogen) atoms. The Bertz CT molecular complexity index is 474. The number of ether oxygens (including phenoxy) is 2. The van der Waals surface area contributed by atoms with Crippen molar-refractivity contribution in [3.63, 3.8) is 0 Å². The summed E-state index contributed by atoms with van der Waals surface area (Å²) in [5, 5.41) is 9.31. The molecule has 0 bridgehead atoms. The van der Waals surface area contributed by atoms with Crippen LogP contribution in [0.4, 0.5) is 4.39 Å². The van der Waals surface area contributed by atoms with Gasteiger partial charge in [0, 0.05) is 32.0 Å². The summed E-state index contributed by atoms with van der Waals surface area (Å²) in [5.41, 5.74) is 0. The minimum Gasteiger partial charge on any atom is -0.353 e. The summed E-state index contributed by atoms with van der Waals surface area (Å²) in [4.78, 5) is 0.486.